The molecule has 0 aliphatic heterocycles. The molecule has 0 aromatic rings. The Balaban J connectivity index is 3.81. The largest absolute Gasteiger partial charge is 0.472 e. The van der Waals surface area contributed by atoms with E-state index in [1.54, 1.807) is 0 Å². The van der Waals surface area contributed by atoms with Crippen LogP contribution in [0.4, 0.5) is 0 Å². The van der Waals surface area contributed by atoms with E-state index in [-0.39, 0.29) is 32.3 Å². The summed E-state index contributed by atoms with van der Waals surface area (Å²) in [5.74, 6) is -0.339. The van der Waals surface area contributed by atoms with Crippen LogP contribution in [-0.2, 0) is 27.9 Å². The monoisotopic (exact) mass is 716 g/mol. The third-order valence-corrected chi connectivity index (χ3v) is 9.61. The summed E-state index contributed by atoms with van der Waals surface area (Å²) < 4.78 is 33.2. The number of rotatable bonds is 39. The van der Waals surface area contributed by atoms with Gasteiger partial charge in [0.1, 0.15) is 6.10 Å². The van der Waals surface area contributed by atoms with E-state index < -0.39 is 13.9 Å². The highest BCUT2D eigenvalue weighted by Gasteiger charge is 2.25. The van der Waals surface area contributed by atoms with Gasteiger partial charge in [-0.1, -0.05) is 160 Å². The van der Waals surface area contributed by atoms with E-state index >= 15 is 0 Å². The van der Waals surface area contributed by atoms with Crippen LogP contribution in [0.25, 0.3) is 0 Å². The zero-order chi connectivity index (χ0) is 35.9. The average Bonchev–Trinajstić information content (AvgIpc) is 3.09. The third-order valence-electron chi connectivity index (χ3n) is 8.62. The maximum Gasteiger partial charge on any atom is 0.472 e. The van der Waals surface area contributed by atoms with E-state index in [0.717, 1.165) is 38.5 Å². The molecule has 0 amide bonds. The topological polar surface area (TPSA) is 117 Å². The van der Waals surface area contributed by atoms with Gasteiger partial charge in [-0.25, -0.2) is 4.57 Å². The first kappa shape index (κ1) is 48.0. The van der Waals surface area contributed by atoms with Crippen LogP contribution in [0.3, 0.4) is 0 Å². The minimum Gasteiger partial charge on any atom is -0.457 e. The molecule has 0 aliphatic rings. The Morgan fingerprint density at radius 1 is 0.612 bits per heavy atom. The molecule has 0 saturated carbocycles. The molecule has 0 bridgehead atoms. The van der Waals surface area contributed by atoms with Gasteiger partial charge >= 0.3 is 13.8 Å². The van der Waals surface area contributed by atoms with Crippen LogP contribution in [0, 0.1) is 0 Å². The van der Waals surface area contributed by atoms with Crippen molar-refractivity contribution in [1.82, 2.24) is 0 Å². The van der Waals surface area contributed by atoms with Crippen molar-refractivity contribution in [3.8, 4) is 0 Å². The van der Waals surface area contributed by atoms with Crippen molar-refractivity contribution in [1.29, 1.82) is 0 Å². The first-order chi connectivity index (χ1) is 23.9. The van der Waals surface area contributed by atoms with Gasteiger partial charge in [0.05, 0.1) is 19.8 Å². The first-order valence-electron chi connectivity index (χ1n) is 20.3. The summed E-state index contributed by atoms with van der Waals surface area (Å²) in [6, 6.07) is 0. The van der Waals surface area contributed by atoms with Crippen LogP contribution in [0.5, 0.6) is 0 Å². The summed E-state index contributed by atoms with van der Waals surface area (Å²) >= 11 is 0. The summed E-state index contributed by atoms with van der Waals surface area (Å²) in [5, 5.41) is 0. The number of allylic oxidation sites excluding steroid dienone is 4. The standard InChI is InChI=1S/C40H78NO7P/c1-3-5-7-9-11-12-13-14-15-16-17-18-19-20-21-22-23-24-25-26-27-28-30-32-35-45-37-39(38-47-49(43,44)46-36-34-41)48-40(42)33-31-29-10-8-6-4-2/h13-14,16-17,39H,3-12,15,18-38,41H2,1-2H3,(H,43,44)/b14-13-,17-16-. The number of hydrogen-bond donors (Lipinski definition) is 2. The lowest BCUT2D eigenvalue weighted by Crippen LogP contribution is -2.28. The minimum absolute atomic E-state index is 0.0942. The molecule has 0 rings (SSSR count). The van der Waals surface area contributed by atoms with Crippen molar-refractivity contribution in [3.63, 3.8) is 0 Å². The van der Waals surface area contributed by atoms with Crippen LogP contribution >= 0.6 is 7.82 Å². The summed E-state index contributed by atoms with van der Waals surface area (Å²) in [7, 11) is -4.26. The van der Waals surface area contributed by atoms with Gasteiger partial charge in [-0.3, -0.25) is 13.8 Å². The summed E-state index contributed by atoms with van der Waals surface area (Å²) in [4.78, 5) is 22.2. The van der Waals surface area contributed by atoms with Gasteiger partial charge in [-0.15, -0.1) is 0 Å². The van der Waals surface area contributed by atoms with Gasteiger partial charge in [-0.05, 0) is 44.9 Å². The molecule has 0 heterocycles. The molecule has 49 heavy (non-hydrogen) atoms. The normalized spacial score (nSPS) is 13.8. The molecule has 0 saturated heterocycles. The van der Waals surface area contributed by atoms with Crippen molar-refractivity contribution < 1.29 is 32.8 Å². The second-order valence-corrected chi connectivity index (χ2v) is 15.0. The maximum atomic E-state index is 12.4. The van der Waals surface area contributed by atoms with Crippen LogP contribution in [-0.4, -0.2) is 49.9 Å². The Morgan fingerprint density at radius 2 is 1.08 bits per heavy atom. The van der Waals surface area contributed by atoms with Crippen LogP contribution < -0.4 is 5.73 Å². The molecule has 9 heteroatoms. The average molecular weight is 716 g/mol. The highest BCUT2D eigenvalue weighted by Crippen LogP contribution is 2.43. The number of carbonyl (C=O) groups is 1. The molecule has 0 aromatic carbocycles. The Bertz CT molecular complexity index is 807. The molecule has 2 atom stereocenters. The van der Waals surface area contributed by atoms with E-state index in [1.165, 1.54) is 128 Å². The van der Waals surface area contributed by atoms with Crippen molar-refractivity contribution in [3.05, 3.63) is 24.3 Å². The number of unbranched alkanes of at least 4 members (excludes halogenated alkanes) is 22. The Morgan fingerprint density at radius 3 is 1.59 bits per heavy atom. The van der Waals surface area contributed by atoms with E-state index in [4.69, 9.17) is 24.3 Å². The lowest BCUT2D eigenvalue weighted by Gasteiger charge is -2.20. The molecular formula is C40H78NO7P. The Labute approximate surface area is 302 Å². The number of hydrogen-bond acceptors (Lipinski definition) is 7. The summed E-state index contributed by atoms with van der Waals surface area (Å²) in [5.41, 5.74) is 5.34. The third kappa shape index (κ3) is 38.1. The van der Waals surface area contributed by atoms with Crippen LogP contribution in [0.2, 0.25) is 0 Å². The lowest BCUT2D eigenvalue weighted by atomic mass is 10.0. The fourth-order valence-electron chi connectivity index (χ4n) is 5.61. The summed E-state index contributed by atoms with van der Waals surface area (Å²) in [6.45, 7) is 4.85. The van der Waals surface area contributed by atoms with Gasteiger partial charge < -0.3 is 20.1 Å². The van der Waals surface area contributed by atoms with Crippen molar-refractivity contribution in [2.75, 3.05) is 33.0 Å². The Hall–Kier alpha value is -1.02. The fourth-order valence-corrected chi connectivity index (χ4v) is 6.38. The predicted octanol–water partition coefficient (Wildman–Crippen LogP) is 11.7. The maximum absolute atomic E-state index is 12.4. The minimum atomic E-state index is -4.26. The Kier molecular flexibility index (Phi) is 37.4. The molecular weight excluding hydrogens is 637 g/mol. The highest BCUT2D eigenvalue weighted by atomic mass is 31.2. The number of carbonyl (C=O) groups excluding carboxylic acids is 1. The van der Waals surface area contributed by atoms with Crippen LogP contribution in [0.15, 0.2) is 24.3 Å². The molecule has 0 fully saturated rings. The molecule has 2 unspecified atom stereocenters. The smallest absolute Gasteiger partial charge is 0.457 e. The fraction of sp³-hybridized carbons (Fsp3) is 0.875. The zero-order valence-corrected chi connectivity index (χ0v) is 32.8. The molecule has 0 spiro atoms. The second kappa shape index (κ2) is 38.2. The number of ether oxygens (including phenoxy) is 2. The quantitative estimate of drug-likeness (QED) is 0.0279. The first-order valence-corrected chi connectivity index (χ1v) is 21.8. The van der Waals surface area contributed by atoms with Crippen molar-refractivity contribution in [2.24, 2.45) is 5.73 Å². The molecule has 8 nitrogen and oxygen atoms in total. The molecule has 0 radical (unpaired) electrons. The van der Waals surface area contributed by atoms with Crippen LogP contribution in [0.1, 0.15) is 187 Å². The van der Waals surface area contributed by atoms with Crippen molar-refractivity contribution >= 4 is 13.8 Å². The molecule has 0 aliphatic carbocycles. The SMILES string of the molecule is CCCCCCC/C=C\C/C=C\CCCCCCCCCCCCCCOCC(COP(=O)(O)OCCN)OC(=O)CCCCCCCC. The molecule has 290 valence electrons. The van der Waals surface area contributed by atoms with Gasteiger partial charge in [-0.2, -0.15) is 0 Å². The highest BCUT2D eigenvalue weighted by molar-refractivity contribution is 7.47. The van der Waals surface area contributed by atoms with Gasteiger partial charge in [0, 0.05) is 19.6 Å². The number of nitrogens with two attached hydrogens (primary N) is 1. The van der Waals surface area contributed by atoms with E-state index in [1.807, 2.05) is 0 Å². The number of phosphoric acid groups is 1. The van der Waals surface area contributed by atoms with Crippen molar-refractivity contribution in [2.45, 2.75) is 193 Å². The predicted molar refractivity (Wildman–Crippen MR) is 206 cm³/mol. The van der Waals surface area contributed by atoms with E-state index in [2.05, 4.69) is 38.2 Å². The second-order valence-electron chi connectivity index (χ2n) is 13.5. The van der Waals surface area contributed by atoms with E-state index in [9.17, 15) is 14.3 Å². The van der Waals surface area contributed by atoms with Gasteiger partial charge in [0.2, 0.25) is 0 Å². The van der Waals surface area contributed by atoms with E-state index in [0.29, 0.717) is 13.0 Å². The lowest BCUT2D eigenvalue weighted by molar-refractivity contribution is -0.154. The summed E-state index contributed by atoms with van der Waals surface area (Å²) in [6.07, 6.45) is 40.9. The number of esters is 1. The molecule has 0 aromatic heterocycles. The molecule has 3 N–H and O–H groups in total. The van der Waals surface area contributed by atoms with Gasteiger partial charge in [0.25, 0.3) is 0 Å². The zero-order valence-electron chi connectivity index (χ0n) is 31.9. The van der Waals surface area contributed by atoms with Gasteiger partial charge in [0.15, 0.2) is 0 Å². The number of phosphoric ester groups is 1.